The van der Waals surface area contributed by atoms with Gasteiger partial charge in [-0.2, -0.15) is 0 Å². The molecular weight excluding hydrogens is 304 g/mol. The maximum atomic E-state index is 12.1. The molecule has 0 saturated carbocycles. The molecule has 0 fully saturated rings. The van der Waals surface area contributed by atoms with Crippen LogP contribution in [0.5, 0.6) is 5.75 Å². The van der Waals surface area contributed by atoms with Crippen LogP contribution < -0.4 is 15.0 Å². The molecule has 112 valence electrons. The van der Waals surface area contributed by atoms with Crippen LogP contribution in [0.4, 0.5) is 11.4 Å². The van der Waals surface area contributed by atoms with Crippen molar-refractivity contribution in [1.29, 1.82) is 0 Å². The number of halogens is 1. The zero-order valence-corrected chi connectivity index (χ0v) is 12.3. The van der Waals surface area contributed by atoms with E-state index in [-0.39, 0.29) is 25.0 Å². The Hall–Kier alpha value is -2.53. The van der Waals surface area contributed by atoms with Crippen LogP contribution in [0.2, 0.25) is 5.02 Å². The van der Waals surface area contributed by atoms with Crippen molar-refractivity contribution in [3.63, 3.8) is 0 Å². The number of hydrogen-bond donors (Lipinski definition) is 1. The average Bonchev–Trinajstić information content (AvgIpc) is 2.51. The molecule has 1 heterocycles. The molecule has 3 rings (SSSR count). The van der Waals surface area contributed by atoms with Gasteiger partial charge < -0.3 is 10.1 Å². The summed E-state index contributed by atoms with van der Waals surface area (Å²) in [5, 5.41) is 3.23. The standard InChI is InChI=1S/C16H13ClN2O3/c17-11-6-7-14-13(8-11)19(16(21)10-22-14)9-15(20)18-12-4-2-1-3-5-12/h1-8H,9-10H2,(H,18,20). The van der Waals surface area contributed by atoms with Crippen molar-refractivity contribution < 1.29 is 14.3 Å². The molecule has 6 heteroatoms. The van der Waals surface area contributed by atoms with Crippen LogP contribution in [-0.2, 0) is 9.59 Å². The van der Waals surface area contributed by atoms with Crippen molar-refractivity contribution in [3.05, 3.63) is 53.6 Å². The van der Waals surface area contributed by atoms with Crippen molar-refractivity contribution in [2.75, 3.05) is 23.4 Å². The van der Waals surface area contributed by atoms with Gasteiger partial charge in [-0.05, 0) is 30.3 Å². The van der Waals surface area contributed by atoms with Gasteiger partial charge in [-0.3, -0.25) is 14.5 Å². The van der Waals surface area contributed by atoms with Gasteiger partial charge in [0.15, 0.2) is 6.61 Å². The third kappa shape index (κ3) is 3.04. The van der Waals surface area contributed by atoms with Gasteiger partial charge in [-0.25, -0.2) is 0 Å². The summed E-state index contributed by atoms with van der Waals surface area (Å²) in [4.78, 5) is 25.6. The number of fused-ring (bicyclic) bond motifs is 1. The van der Waals surface area contributed by atoms with Crippen molar-refractivity contribution >= 4 is 34.8 Å². The Balaban J connectivity index is 1.78. The number of ether oxygens (including phenoxy) is 1. The highest BCUT2D eigenvalue weighted by molar-refractivity contribution is 6.31. The second-order valence-corrected chi connectivity index (χ2v) is 5.23. The molecule has 0 aliphatic carbocycles. The van der Waals surface area contributed by atoms with E-state index in [4.69, 9.17) is 16.3 Å². The summed E-state index contributed by atoms with van der Waals surface area (Å²) in [7, 11) is 0. The van der Waals surface area contributed by atoms with E-state index in [0.29, 0.717) is 22.1 Å². The fourth-order valence-electron chi connectivity index (χ4n) is 2.21. The van der Waals surface area contributed by atoms with Gasteiger partial charge in [0.1, 0.15) is 12.3 Å². The number of nitrogens with zero attached hydrogens (tertiary/aromatic N) is 1. The molecule has 1 aliphatic rings. The van der Waals surface area contributed by atoms with Crippen molar-refractivity contribution in [1.82, 2.24) is 0 Å². The highest BCUT2D eigenvalue weighted by Crippen LogP contribution is 2.34. The van der Waals surface area contributed by atoms with Crippen LogP contribution in [0, 0.1) is 0 Å². The molecule has 2 amide bonds. The zero-order valence-electron chi connectivity index (χ0n) is 11.6. The fourth-order valence-corrected chi connectivity index (χ4v) is 2.38. The van der Waals surface area contributed by atoms with Crippen molar-refractivity contribution in [2.45, 2.75) is 0 Å². The van der Waals surface area contributed by atoms with Crippen LogP contribution in [-0.4, -0.2) is 25.0 Å². The zero-order chi connectivity index (χ0) is 15.5. The second kappa shape index (κ2) is 6.07. The fraction of sp³-hybridized carbons (Fsp3) is 0.125. The molecule has 2 aromatic carbocycles. The number of nitrogens with one attached hydrogen (secondary N) is 1. The molecule has 2 aromatic rings. The van der Waals surface area contributed by atoms with Crippen molar-refractivity contribution in [2.24, 2.45) is 0 Å². The van der Waals surface area contributed by atoms with Gasteiger partial charge in [0.2, 0.25) is 5.91 Å². The topological polar surface area (TPSA) is 58.6 Å². The lowest BCUT2D eigenvalue weighted by Gasteiger charge is -2.29. The molecule has 0 spiro atoms. The Morgan fingerprint density at radius 1 is 1.23 bits per heavy atom. The lowest BCUT2D eigenvalue weighted by molar-refractivity contribution is -0.123. The number of hydrogen-bond acceptors (Lipinski definition) is 3. The maximum Gasteiger partial charge on any atom is 0.265 e. The number of carbonyl (C=O) groups excluding carboxylic acids is 2. The average molecular weight is 317 g/mol. The number of para-hydroxylation sites is 1. The summed E-state index contributed by atoms with van der Waals surface area (Å²) >= 11 is 5.96. The molecule has 5 nitrogen and oxygen atoms in total. The minimum atomic E-state index is -0.285. The van der Waals surface area contributed by atoms with Crippen LogP contribution >= 0.6 is 11.6 Å². The SMILES string of the molecule is O=C(CN1C(=O)COc2ccc(Cl)cc21)Nc1ccccc1. The first kappa shape index (κ1) is 14.4. The lowest BCUT2D eigenvalue weighted by Crippen LogP contribution is -2.43. The number of benzene rings is 2. The number of amides is 2. The first-order valence-electron chi connectivity index (χ1n) is 6.71. The summed E-state index contributed by atoms with van der Waals surface area (Å²) in [6, 6.07) is 14.1. The van der Waals surface area contributed by atoms with Crippen LogP contribution in [0.15, 0.2) is 48.5 Å². The molecule has 0 radical (unpaired) electrons. The minimum absolute atomic E-state index is 0.0900. The third-order valence-electron chi connectivity index (χ3n) is 3.22. The third-order valence-corrected chi connectivity index (χ3v) is 3.46. The predicted octanol–water partition coefficient (Wildman–Crippen LogP) is 2.70. The Morgan fingerprint density at radius 3 is 2.77 bits per heavy atom. The Labute approximate surface area is 132 Å². The smallest absolute Gasteiger partial charge is 0.265 e. The summed E-state index contributed by atoms with van der Waals surface area (Å²) in [5.41, 5.74) is 1.19. The molecule has 0 atom stereocenters. The van der Waals surface area contributed by atoms with Crippen LogP contribution in [0.1, 0.15) is 0 Å². The first-order valence-corrected chi connectivity index (χ1v) is 7.09. The van der Waals surface area contributed by atoms with E-state index in [1.165, 1.54) is 4.90 Å². The molecule has 22 heavy (non-hydrogen) atoms. The lowest BCUT2D eigenvalue weighted by atomic mass is 10.2. The number of carbonyl (C=O) groups is 2. The Morgan fingerprint density at radius 2 is 2.00 bits per heavy atom. The van der Waals surface area contributed by atoms with Gasteiger partial charge >= 0.3 is 0 Å². The summed E-state index contributed by atoms with van der Waals surface area (Å²) in [5.74, 6) is -0.0261. The largest absolute Gasteiger partial charge is 0.482 e. The molecule has 0 unspecified atom stereocenters. The highest BCUT2D eigenvalue weighted by Gasteiger charge is 2.27. The van der Waals surface area contributed by atoms with Gasteiger partial charge in [0.25, 0.3) is 5.91 Å². The monoisotopic (exact) mass is 316 g/mol. The Kier molecular flexibility index (Phi) is 3.98. The quantitative estimate of drug-likeness (QED) is 0.947. The summed E-state index contributed by atoms with van der Waals surface area (Å²) < 4.78 is 5.34. The molecule has 1 aliphatic heterocycles. The number of anilines is 2. The summed E-state index contributed by atoms with van der Waals surface area (Å²) in [6.45, 7) is -0.183. The maximum absolute atomic E-state index is 12.1. The highest BCUT2D eigenvalue weighted by atomic mass is 35.5. The van der Waals surface area contributed by atoms with Crippen molar-refractivity contribution in [3.8, 4) is 5.75 Å². The molecule has 1 N–H and O–H groups in total. The van der Waals surface area contributed by atoms with E-state index in [1.54, 1.807) is 30.3 Å². The molecular formula is C16H13ClN2O3. The van der Waals surface area contributed by atoms with Crippen LogP contribution in [0.3, 0.4) is 0 Å². The van der Waals surface area contributed by atoms with Crippen LogP contribution in [0.25, 0.3) is 0 Å². The van der Waals surface area contributed by atoms with Gasteiger partial charge in [-0.15, -0.1) is 0 Å². The number of rotatable bonds is 3. The normalized spacial score (nSPS) is 13.3. The minimum Gasteiger partial charge on any atom is -0.482 e. The van der Waals surface area contributed by atoms with E-state index >= 15 is 0 Å². The van der Waals surface area contributed by atoms with E-state index in [0.717, 1.165) is 0 Å². The molecule has 0 bridgehead atoms. The predicted molar refractivity (Wildman–Crippen MR) is 84.4 cm³/mol. The summed E-state index contributed by atoms with van der Waals surface area (Å²) in [6.07, 6.45) is 0. The Bertz CT molecular complexity index is 719. The van der Waals surface area contributed by atoms with Gasteiger partial charge in [0, 0.05) is 10.7 Å². The van der Waals surface area contributed by atoms with Gasteiger partial charge in [-0.1, -0.05) is 29.8 Å². The van der Waals surface area contributed by atoms with E-state index in [1.807, 2.05) is 18.2 Å². The second-order valence-electron chi connectivity index (χ2n) is 4.79. The first-order chi connectivity index (χ1) is 10.6. The van der Waals surface area contributed by atoms with E-state index in [2.05, 4.69) is 5.32 Å². The molecule has 0 saturated heterocycles. The van der Waals surface area contributed by atoms with E-state index in [9.17, 15) is 9.59 Å². The van der Waals surface area contributed by atoms with Gasteiger partial charge in [0.05, 0.1) is 5.69 Å². The molecule has 0 aromatic heterocycles. The van der Waals surface area contributed by atoms with E-state index < -0.39 is 0 Å².